The summed E-state index contributed by atoms with van der Waals surface area (Å²) in [5, 5.41) is 6.28. The minimum absolute atomic E-state index is 0.0715. The van der Waals surface area contributed by atoms with Crippen molar-refractivity contribution in [2.75, 3.05) is 22.1 Å². The molecule has 2 atom stereocenters. The fourth-order valence-electron chi connectivity index (χ4n) is 3.52. The summed E-state index contributed by atoms with van der Waals surface area (Å²) in [5.74, 6) is -2.17. The van der Waals surface area contributed by atoms with Gasteiger partial charge in [-0.2, -0.15) is 0 Å². The third kappa shape index (κ3) is 6.26. The molecule has 166 valence electrons. The van der Waals surface area contributed by atoms with Crippen LogP contribution in [0, 0.1) is 11.8 Å². The summed E-state index contributed by atoms with van der Waals surface area (Å²) in [5.41, 5.74) is 0.676. The molecule has 6 nitrogen and oxygen atoms in total. The van der Waals surface area contributed by atoms with Crippen molar-refractivity contribution >= 4 is 79.4 Å². The predicted octanol–water partition coefficient (Wildman–Crippen LogP) is 5.32. The molecule has 11 heteroatoms. The molecular formula is C20H18Cl4N2O4S. The Balaban J connectivity index is 1.66. The van der Waals surface area contributed by atoms with E-state index in [0.29, 0.717) is 11.4 Å². The average Bonchev–Trinajstić information content (AvgIpc) is 2.95. The Morgan fingerprint density at radius 3 is 1.55 bits per heavy atom. The van der Waals surface area contributed by atoms with E-state index in [2.05, 4.69) is 10.6 Å². The van der Waals surface area contributed by atoms with Crippen molar-refractivity contribution in [3.8, 4) is 0 Å². The average molecular weight is 524 g/mol. The molecule has 3 rings (SSSR count). The van der Waals surface area contributed by atoms with Crippen molar-refractivity contribution < 1.29 is 18.0 Å². The molecule has 0 aliphatic carbocycles. The van der Waals surface area contributed by atoms with Crippen molar-refractivity contribution in [1.29, 1.82) is 0 Å². The first-order chi connectivity index (χ1) is 14.6. The summed E-state index contributed by atoms with van der Waals surface area (Å²) in [6.07, 6.45) is -0.143. The van der Waals surface area contributed by atoms with Crippen LogP contribution in [0.15, 0.2) is 36.4 Å². The number of anilines is 2. The first-order valence-electron chi connectivity index (χ1n) is 9.24. The van der Waals surface area contributed by atoms with Crippen LogP contribution in [0.25, 0.3) is 0 Å². The summed E-state index contributed by atoms with van der Waals surface area (Å²) in [7, 11) is -3.37. The molecule has 0 spiro atoms. The number of hydrogen-bond donors (Lipinski definition) is 2. The Bertz CT molecular complexity index is 1040. The molecule has 2 aromatic rings. The fraction of sp³-hybridized carbons (Fsp3) is 0.300. The third-order valence-electron chi connectivity index (χ3n) is 4.95. The molecule has 1 saturated heterocycles. The van der Waals surface area contributed by atoms with Crippen LogP contribution in [-0.4, -0.2) is 31.7 Å². The first-order valence-corrected chi connectivity index (χ1v) is 12.6. The molecule has 0 aromatic heterocycles. The second-order valence-corrected chi connectivity index (χ2v) is 11.0. The standard InChI is InChI=1S/C20H18Cl4N2O4S/c21-13-3-1-5-15(19(13)23)25-17(27)7-11-9-31(29,30)10-12(11)8-18(28)26-16-6-2-4-14(22)20(16)24/h1-6,11-12H,7-10H2,(H,25,27)(H,26,28)/t11-,12-/m1/s1. The molecule has 0 unspecified atom stereocenters. The molecule has 1 fully saturated rings. The molecule has 1 aliphatic heterocycles. The monoisotopic (exact) mass is 522 g/mol. The highest BCUT2D eigenvalue weighted by Crippen LogP contribution is 2.34. The van der Waals surface area contributed by atoms with E-state index >= 15 is 0 Å². The van der Waals surface area contributed by atoms with Crippen LogP contribution >= 0.6 is 46.4 Å². The zero-order valence-electron chi connectivity index (χ0n) is 16.0. The Kier molecular flexibility index (Phi) is 7.76. The Morgan fingerprint density at radius 2 is 1.16 bits per heavy atom. The third-order valence-corrected chi connectivity index (χ3v) is 8.46. The van der Waals surface area contributed by atoms with Gasteiger partial charge < -0.3 is 10.6 Å². The number of hydrogen-bond acceptors (Lipinski definition) is 4. The van der Waals surface area contributed by atoms with Gasteiger partial charge in [0.1, 0.15) is 0 Å². The number of nitrogens with one attached hydrogen (secondary N) is 2. The molecule has 2 N–H and O–H groups in total. The zero-order chi connectivity index (χ0) is 22.8. The van der Waals surface area contributed by atoms with Gasteiger partial charge in [-0.05, 0) is 36.1 Å². The lowest BCUT2D eigenvalue weighted by Crippen LogP contribution is -2.25. The molecule has 0 bridgehead atoms. The van der Waals surface area contributed by atoms with Crippen molar-refractivity contribution in [2.24, 2.45) is 11.8 Å². The maximum atomic E-state index is 12.5. The minimum atomic E-state index is -3.37. The van der Waals surface area contributed by atoms with Crippen LogP contribution in [0.3, 0.4) is 0 Å². The normalized spacial score (nSPS) is 19.7. The molecule has 2 aromatic carbocycles. The van der Waals surface area contributed by atoms with Crippen LogP contribution in [0.1, 0.15) is 12.8 Å². The largest absolute Gasteiger partial charge is 0.325 e. The van der Waals surface area contributed by atoms with Gasteiger partial charge in [0, 0.05) is 12.8 Å². The van der Waals surface area contributed by atoms with Gasteiger partial charge in [-0.1, -0.05) is 58.5 Å². The van der Waals surface area contributed by atoms with Gasteiger partial charge in [-0.15, -0.1) is 0 Å². The highest BCUT2D eigenvalue weighted by Gasteiger charge is 2.39. The van der Waals surface area contributed by atoms with E-state index in [1.54, 1.807) is 36.4 Å². The van der Waals surface area contributed by atoms with Crippen LogP contribution < -0.4 is 10.6 Å². The number of benzene rings is 2. The van der Waals surface area contributed by atoms with E-state index in [1.807, 2.05) is 0 Å². The number of halogens is 4. The Labute approximate surface area is 200 Å². The Hall–Kier alpha value is -1.51. The second-order valence-electron chi connectivity index (χ2n) is 7.30. The molecular weight excluding hydrogens is 506 g/mol. The van der Waals surface area contributed by atoms with Gasteiger partial charge >= 0.3 is 0 Å². The van der Waals surface area contributed by atoms with Crippen LogP contribution in [-0.2, 0) is 19.4 Å². The van der Waals surface area contributed by atoms with E-state index < -0.39 is 33.5 Å². The molecule has 0 saturated carbocycles. The SMILES string of the molecule is O=C(C[C@@H]1CS(=O)(=O)C[C@H]1CC(=O)Nc1cccc(Cl)c1Cl)Nc1cccc(Cl)c1Cl. The van der Waals surface area contributed by atoms with Gasteiger partial charge in [0.25, 0.3) is 0 Å². The first kappa shape index (κ1) is 24.1. The maximum absolute atomic E-state index is 12.5. The van der Waals surface area contributed by atoms with Crippen molar-refractivity contribution in [3.05, 3.63) is 56.5 Å². The van der Waals surface area contributed by atoms with Crippen molar-refractivity contribution in [2.45, 2.75) is 12.8 Å². The molecule has 1 aliphatic rings. The number of sulfone groups is 1. The van der Waals surface area contributed by atoms with Crippen LogP contribution in [0.2, 0.25) is 20.1 Å². The number of carbonyl (C=O) groups is 2. The summed E-state index contributed by atoms with van der Waals surface area (Å²) in [6, 6.07) is 9.64. The Morgan fingerprint density at radius 1 is 0.774 bits per heavy atom. The lowest BCUT2D eigenvalue weighted by atomic mass is 9.89. The maximum Gasteiger partial charge on any atom is 0.224 e. The smallest absolute Gasteiger partial charge is 0.224 e. The fourth-order valence-corrected chi connectivity index (χ4v) is 6.44. The second kappa shape index (κ2) is 9.96. The highest BCUT2D eigenvalue weighted by atomic mass is 35.5. The summed E-state index contributed by atoms with van der Waals surface area (Å²) >= 11 is 24.1. The van der Waals surface area contributed by atoms with E-state index in [4.69, 9.17) is 46.4 Å². The van der Waals surface area contributed by atoms with E-state index in [9.17, 15) is 18.0 Å². The summed E-state index contributed by atoms with van der Waals surface area (Å²) in [6.45, 7) is 0. The minimum Gasteiger partial charge on any atom is -0.325 e. The number of rotatable bonds is 6. The molecule has 31 heavy (non-hydrogen) atoms. The van der Waals surface area contributed by atoms with Gasteiger partial charge in [-0.3, -0.25) is 9.59 Å². The lowest BCUT2D eigenvalue weighted by molar-refractivity contribution is -0.119. The van der Waals surface area contributed by atoms with Gasteiger partial charge in [0.2, 0.25) is 11.8 Å². The van der Waals surface area contributed by atoms with E-state index in [-0.39, 0.29) is 44.4 Å². The van der Waals surface area contributed by atoms with Gasteiger partial charge in [-0.25, -0.2) is 8.42 Å². The predicted molar refractivity (Wildman–Crippen MR) is 125 cm³/mol. The van der Waals surface area contributed by atoms with Crippen molar-refractivity contribution in [3.63, 3.8) is 0 Å². The van der Waals surface area contributed by atoms with Crippen molar-refractivity contribution in [1.82, 2.24) is 0 Å². The molecule has 0 radical (unpaired) electrons. The summed E-state index contributed by atoms with van der Waals surface area (Å²) in [4.78, 5) is 25.0. The molecule has 2 amide bonds. The highest BCUT2D eigenvalue weighted by molar-refractivity contribution is 7.91. The van der Waals surface area contributed by atoms with Crippen LogP contribution in [0.5, 0.6) is 0 Å². The number of carbonyl (C=O) groups excluding carboxylic acids is 2. The van der Waals surface area contributed by atoms with E-state index in [1.165, 1.54) is 0 Å². The van der Waals surface area contributed by atoms with Gasteiger partial charge in [0.05, 0.1) is 43.0 Å². The topological polar surface area (TPSA) is 92.3 Å². The number of amides is 2. The molecule has 1 heterocycles. The zero-order valence-corrected chi connectivity index (χ0v) is 19.8. The lowest BCUT2D eigenvalue weighted by Gasteiger charge is -2.18. The summed E-state index contributed by atoms with van der Waals surface area (Å²) < 4.78 is 24.4. The quantitative estimate of drug-likeness (QED) is 0.536. The van der Waals surface area contributed by atoms with Gasteiger partial charge in [0.15, 0.2) is 9.84 Å². The van der Waals surface area contributed by atoms with E-state index in [0.717, 1.165) is 0 Å². The van der Waals surface area contributed by atoms with Crippen LogP contribution in [0.4, 0.5) is 11.4 Å².